The van der Waals surface area contributed by atoms with Crippen LogP contribution in [-0.4, -0.2) is 19.1 Å². The van der Waals surface area contributed by atoms with Crippen molar-refractivity contribution in [1.82, 2.24) is 0 Å². The zero-order chi connectivity index (χ0) is 19.9. The number of rotatable bonds is 7. The Bertz CT molecular complexity index is 929. The average Bonchev–Trinajstić information content (AvgIpc) is 2.70. The number of benzene rings is 3. The molecule has 0 fully saturated rings. The quantitative estimate of drug-likeness (QED) is 0.568. The fraction of sp³-hybridized carbons (Fsp3) is 0.136. The van der Waals surface area contributed by atoms with Crippen molar-refractivity contribution < 1.29 is 19.0 Å². The summed E-state index contributed by atoms with van der Waals surface area (Å²) in [5, 5.41) is 3.27. The molecule has 0 saturated carbocycles. The average molecular weight is 398 g/mol. The fourth-order valence-corrected chi connectivity index (χ4v) is 2.65. The van der Waals surface area contributed by atoms with Gasteiger partial charge in [0.15, 0.2) is 6.10 Å². The number of hydrogen-bond acceptors (Lipinski definition) is 4. The summed E-state index contributed by atoms with van der Waals surface area (Å²) in [6.07, 6.45) is -0.718. The van der Waals surface area contributed by atoms with Gasteiger partial charge >= 0.3 is 0 Å². The second-order valence-corrected chi connectivity index (χ2v) is 6.42. The number of carbonyl (C=O) groups excluding carboxylic acids is 1. The van der Waals surface area contributed by atoms with Crippen molar-refractivity contribution in [3.05, 3.63) is 77.8 Å². The van der Waals surface area contributed by atoms with Crippen LogP contribution < -0.4 is 19.5 Å². The van der Waals surface area contributed by atoms with Crippen molar-refractivity contribution in [3.8, 4) is 23.0 Å². The number of halogens is 1. The van der Waals surface area contributed by atoms with Crippen LogP contribution in [0.4, 0.5) is 5.69 Å². The van der Waals surface area contributed by atoms with Gasteiger partial charge in [-0.1, -0.05) is 29.8 Å². The number of ether oxygens (including phenoxy) is 3. The van der Waals surface area contributed by atoms with Gasteiger partial charge in [0.25, 0.3) is 5.91 Å². The molecule has 0 aromatic heterocycles. The van der Waals surface area contributed by atoms with Gasteiger partial charge in [0.05, 0.1) is 12.8 Å². The summed E-state index contributed by atoms with van der Waals surface area (Å²) in [5.41, 5.74) is 0.488. The van der Waals surface area contributed by atoms with E-state index in [2.05, 4.69) is 5.32 Å². The Hall–Kier alpha value is -3.18. The molecule has 0 heterocycles. The van der Waals surface area contributed by atoms with Crippen LogP contribution in [0.2, 0.25) is 5.02 Å². The maximum atomic E-state index is 12.4. The topological polar surface area (TPSA) is 56.8 Å². The molecular weight excluding hydrogens is 378 g/mol. The number of anilines is 1. The molecule has 6 heteroatoms. The Labute approximate surface area is 168 Å². The summed E-state index contributed by atoms with van der Waals surface area (Å²) in [4.78, 5) is 12.4. The maximum Gasteiger partial charge on any atom is 0.265 e. The number of amides is 1. The number of para-hydroxylation sites is 1. The highest BCUT2D eigenvalue weighted by Gasteiger charge is 2.17. The second kappa shape index (κ2) is 9.15. The van der Waals surface area contributed by atoms with Crippen molar-refractivity contribution in [2.45, 2.75) is 13.0 Å². The first-order valence-electron chi connectivity index (χ1n) is 8.69. The zero-order valence-electron chi connectivity index (χ0n) is 15.5. The summed E-state index contributed by atoms with van der Waals surface area (Å²) in [6, 6.07) is 21.6. The van der Waals surface area contributed by atoms with Crippen LogP contribution >= 0.6 is 11.6 Å². The molecule has 1 N–H and O–H groups in total. The Morgan fingerprint density at radius 1 is 0.929 bits per heavy atom. The first kappa shape index (κ1) is 19.6. The molecule has 0 saturated heterocycles. The molecule has 5 nitrogen and oxygen atoms in total. The van der Waals surface area contributed by atoms with E-state index in [0.29, 0.717) is 28.0 Å². The summed E-state index contributed by atoms with van der Waals surface area (Å²) in [5.74, 6) is 2.19. The Morgan fingerprint density at radius 3 is 2.25 bits per heavy atom. The minimum Gasteiger partial charge on any atom is -0.495 e. The molecule has 0 bridgehead atoms. The summed E-state index contributed by atoms with van der Waals surface area (Å²) in [6.45, 7) is 1.67. The molecule has 0 aliphatic carbocycles. The Kier molecular flexibility index (Phi) is 6.40. The van der Waals surface area contributed by atoms with Crippen LogP contribution in [0.5, 0.6) is 23.0 Å². The molecule has 28 heavy (non-hydrogen) atoms. The van der Waals surface area contributed by atoms with Gasteiger partial charge in [-0.15, -0.1) is 0 Å². The van der Waals surface area contributed by atoms with Gasteiger partial charge in [0.1, 0.15) is 23.0 Å². The van der Waals surface area contributed by atoms with Crippen LogP contribution in [0.15, 0.2) is 72.8 Å². The van der Waals surface area contributed by atoms with Gasteiger partial charge in [-0.25, -0.2) is 0 Å². The minimum atomic E-state index is -0.718. The monoisotopic (exact) mass is 397 g/mol. The lowest BCUT2D eigenvalue weighted by Crippen LogP contribution is -2.30. The predicted molar refractivity (Wildman–Crippen MR) is 110 cm³/mol. The van der Waals surface area contributed by atoms with E-state index in [-0.39, 0.29) is 5.91 Å². The Balaban J connectivity index is 1.60. The van der Waals surface area contributed by atoms with Crippen molar-refractivity contribution in [2.24, 2.45) is 0 Å². The van der Waals surface area contributed by atoms with Gasteiger partial charge in [-0.3, -0.25) is 4.79 Å². The molecule has 144 valence electrons. The highest BCUT2D eigenvalue weighted by Crippen LogP contribution is 2.28. The molecule has 3 aromatic carbocycles. The molecule has 0 aliphatic rings. The fourth-order valence-electron chi connectivity index (χ4n) is 2.48. The molecular formula is C22H20ClNO4. The predicted octanol–water partition coefficient (Wildman–Crippen LogP) is 5.55. The lowest BCUT2D eigenvalue weighted by molar-refractivity contribution is -0.122. The van der Waals surface area contributed by atoms with E-state index in [1.165, 1.54) is 7.11 Å². The molecule has 1 unspecified atom stereocenters. The highest BCUT2D eigenvalue weighted by atomic mass is 35.5. The number of methoxy groups -OCH3 is 1. The molecule has 3 aromatic rings. The van der Waals surface area contributed by atoms with Gasteiger partial charge in [0.2, 0.25) is 0 Å². The van der Waals surface area contributed by atoms with Crippen LogP contribution in [0.3, 0.4) is 0 Å². The summed E-state index contributed by atoms with van der Waals surface area (Å²) < 4.78 is 16.7. The standard InChI is InChI=1S/C22H20ClNO4/c1-15(22(25)24-20-14-16(23)8-13-21(20)26-2)27-18-9-11-19(12-10-18)28-17-6-4-3-5-7-17/h3-15H,1-2H3,(H,24,25). The van der Waals surface area contributed by atoms with Crippen molar-refractivity contribution in [3.63, 3.8) is 0 Å². The van der Waals surface area contributed by atoms with Gasteiger partial charge < -0.3 is 19.5 Å². The van der Waals surface area contributed by atoms with Crippen LogP contribution in [0, 0.1) is 0 Å². The largest absolute Gasteiger partial charge is 0.495 e. The SMILES string of the molecule is COc1ccc(Cl)cc1NC(=O)C(C)Oc1ccc(Oc2ccccc2)cc1. The van der Waals surface area contributed by atoms with E-state index in [9.17, 15) is 4.79 Å². The first-order chi connectivity index (χ1) is 13.5. The smallest absolute Gasteiger partial charge is 0.265 e. The van der Waals surface area contributed by atoms with Gasteiger partial charge in [-0.05, 0) is 61.5 Å². The Morgan fingerprint density at radius 2 is 1.57 bits per heavy atom. The van der Waals surface area contributed by atoms with Gasteiger partial charge in [0, 0.05) is 5.02 Å². The third-order valence-corrected chi connectivity index (χ3v) is 4.14. The number of hydrogen-bond donors (Lipinski definition) is 1. The lowest BCUT2D eigenvalue weighted by atomic mass is 10.2. The van der Waals surface area contributed by atoms with Crippen LogP contribution in [-0.2, 0) is 4.79 Å². The normalized spacial score (nSPS) is 11.4. The van der Waals surface area contributed by atoms with Crippen molar-refractivity contribution >= 4 is 23.2 Å². The van der Waals surface area contributed by atoms with Crippen LogP contribution in [0.25, 0.3) is 0 Å². The van der Waals surface area contributed by atoms with Crippen molar-refractivity contribution in [1.29, 1.82) is 0 Å². The highest BCUT2D eigenvalue weighted by molar-refractivity contribution is 6.31. The molecule has 1 amide bonds. The van der Waals surface area contributed by atoms with E-state index >= 15 is 0 Å². The maximum absolute atomic E-state index is 12.4. The third kappa shape index (κ3) is 5.18. The second-order valence-electron chi connectivity index (χ2n) is 5.98. The molecule has 0 spiro atoms. The molecule has 3 rings (SSSR count). The first-order valence-corrected chi connectivity index (χ1v) is 9.07. The van der Waals surface area contributed by atoms with E-state index in [1.807, 2.05) is 30.3 Å². The molecule has 0 aliphatic heterocycles. The van der Waals surface area contributed by atoms with Crippen molar-refractivity contribution in [2.75, 3.05) is 12.4 Å². The van der Waals surface area contributed by atoms with Crippen LogP contribution in [0.1, 0.15) is 6.92 Å². The van der Waals surface area contributed by atoms with E-state index < -0.39 is 6.10 Å². The van der Waals surface area contributed by atoms with E-state index in [0.717, 1.165) is 5.75 Å². The number of carbonyl (C=O) groups is 1. The zero-order valence-corrected chi connectivity index (χ0v) is 16.3. The molecule has 0 radical (unpaired) electrons. The minimum absolute atomic E-state index is 0.315. The van der Waals surface area contributed by atoms with Gasteiger partial charge in [-0.2, -0.15) is 0 Å². The lowest BCUT2D eigenvalue weighted by Gasteiger charge is -2.16. The third-order valence-electron chi connectivity index (χ3n) is 3.90. The summed E-state index contributed by atoms with van der Waals surface area (Å²) in [7, 11) is 1.53. The van der Waals surface area contributed by atoms with E-state index in [4.69, 9.17) is 25.8 Å². The van der Waals surface area contributed by atoms with E-state index in [1.54, 1.807) is 49.4 Å². The summed E-state index contributed by atoms with van der Waals surface area (Å²) >= 11 is 5.99. The molecule has 1 atom stereocenters. The number of nitrogens with one attached hydrogen (secondary N) is 1.